The second-order valence-corrected chi connectivity index (χ2v) is 5.79. The van der Waals surface area contributed by atoms with Gasteiger partial charge in [0.2, 0.25) is 5.91 Å². The molecule has 0 saturated heterocycles. The van der Waals surface area contributed by atoms with Gasteiger partial charge >= 0.3 is 0 Å². The molecule has 1 aromatic rings. The topological polar surface area (TPSA) is 70.7 Å². The molecule has 1 rings (SSSR count). The van der Waals surface area contributed by atoms with Crippen LogP contribution in [-0.4, -0.2) is 36.9 Å². The predicted octanol–water partition coefficient (Wildman–Crippen LogP) is 3.55. The van der Waals surface area contributed by atoms with Crippen molar-refractivity contribution in [1.29, 1.82) is 0 Å². The molecule has 6 heteroatoms. The maximum atomic E-state index is 11.1. The van der Waals surface area contributed by atoms with E-state index in [0.29, 0.717) is 12.1 Å². The zero-order valence-electron chi connectivity index (χ0n) is 15.3. The number of rotatable bonds is 10. The molecule has 0 aliphatic carbocycles. The van der Waals surface area contributed by atoms with Crippen LogP contribution in [-0.2, 0) is 6.54 Å². The van der Waals surface area contributed by atoms with Gasteiger partial charge in [0.25, 0.3) is 0 Å². The quantitative estimate of drug-likeness (QED) is 0.185. The zero-order valence-corrected chi connectivity index (χ0v) is 17.7. The molecule has 0 aliphatic heterocycles. The number of carbonyl (C=O) groups is 1. The van der Waals surface area contributed by atoms with E-state index in [9.17, 15) is 4.79 Å². The van der Waals surface area contributed by atoms with Crippen molar-refractivity contribution in [3.63, 3.8) is 0 Å². The van der Waals surface area contributed by atoms with Gasteiger partial charge in [-0.05, 0) is 43.9 Å². The lowest BCUT2D eigenvalue weighted by molar-refractivity contribution is 0.100. The zero-order chi connectivity index (χ0) is 17.8. The Kier molecular flexibility index (Phi) is 12.8. The number of amides is 1. The normalized spacial score (nSPS) is 10.7. The molecule has 0 fully saturated rings. The summed E-state index contributed by atoms with van der Waals surface area (Å²) in [4.78, 5) is 17.9. The Hall–Kier alpha value is -1.57. The van der Waals surface area contributed by atoms with Crippen LogP contribution in [0.1, 0.15) is 48.5 Å². The summed E-state index contributed by atoms with van der Waals surface area (Å²) in [6, 6.07) is 7.26. The molecule has 0 aromatic heterocycles. The largest absolute Gasteiger partial charge is 0.366 e. The van der Waals surface area contributed by atoms with Gasteiger partial charge in [-0.1, -0.05) is 24.6 Å². The predicted molar refractivity (Wildman–Crippen MR) is 116 cm³/mol. The SMILES string of the molecule is C=CCCCCCN(C)C(=NCc1ccc(C(N)=O)cc1)NCC.I. The highest BCUT2D eigenvalue weighted by atomic mass is 127. The Balaban J connectivity index is 0.00000576. The number of allylic oxidation sites excluding steroid dienone is 1. The van der Waals surface area contributed by atoms with Gasteiger partial charge in [-0.2, -0.15) is 0 Å². The van der Waals surface area contributed by atoms with E-state index in [0.717, 1.165) is 37.5 Å². The van der Waals surface area contributed by atoms with Crippen LogP contribution in [0.4, 0.5) is 0 Å². The number of primary amides is 1. The number of halogens is 1. The summed E-state index contributed by atoms with van der Waals surface area (Å²) in [5, 5.41) is 3.32. The highest BCUT2D eigenvalue weighted by Crippen LogP contribution is 2.06. The number of nitrogens with two attached hydrogens (primary N) is 1. The molecule has 3 N–H and O–H groups in total. The van der Waals surface area contributed by atoms with Crippen molar-refractivity contribution in [1.82, 2.24) is 10.2 Å². The minimum Gasteiger partial charge on any atom is -0.366 e. The molecule has 1 aromatic carbocycles. The third-order valence-corrected chi connectivity index (χ3v) is 3.75. The third kappa shape index (κ3) is 9.48. The van der Waals surface area contributed by atoms with Crippen molar-refractivity contribution in [2.24, 2.45) is 10.7 Å². The number of aliphatic imine (C=N–C) groups is 1. The molecule has 0 unspecified atom stereocenters. The van der Waals surface area contributed by atoms with Crippen molar-refractivity contribution in [2.45, 2.75) is 39.2 Å². The average Bonchev–Trinajstić information content (AvgIpc) is 2.58. The van der Waals surface area contributed by atoms with Gasteiger partial charge in [-0.3, -0.25) is 4.79 Å². The number of hydrogen-bond donors (Lipinski definition) is 2. The molecule has 25 heavy (non-hydrogen) atoms. The minimum absolute atomic E-state index is 0. The van der Waals surface area contributed by atoms with Crippen molar-refractivity contribution >= 4 is 35.8 Å². The maximum absolute atomic E-state index is 11.1. The fraction of sp³-hybridized carbons (Fsp3) is 0.474. The van der Waals surface area contributed by atoms with E-state index >= 15 is 0 Å². The van der Waals surface area contributed by atoms with Gasteiger partial charge in [0.15, 0.2) is 5.96 Å². The highest BCUT2D eigenvalue weighted by molar-refractivity contribution is 14.0. The summed E-state index contributed by atoms with van der Waals surface area (Å²) in [5.41, 5.74) is 6.82. The van der Waals surface area contributed by atoms with Crippen molar-refractivity contribution in [3.8, 4) is 0 Å². The van der Waals surface area contributed by atoms with Crippen LogP contribution in [0, 0.1) is 0 Å². The van der Waals surface area contributed by atoms with Gasteiger partial charge in [0.1, 0.15) is 0 Å². The lowest BCUT2D eigenvalue weighted by Crippen LogP contribution is -2.39. The maximum Gasteiger partial charge on any atom is 0.248 e. The molecule has 0 saturated carbocycles. The van der Waals surface area contributed by atoms with Crippen molar-refractivity contribution in [2.75, 3.05) is 20.1 Å². The summed E-state index contributed by atoms with van der Waals surface area (Å²) in [5.74, 6) is 0.495. The first-order valence-electron chi connectivity index (χ1n) is 8.57. The summed E-state index contributed by atoms with van der Waals surface area (Å²) < 4.78 is 0. The van der Waals surface area contributed by atoms with E-state index in [1.54, 1.807) is 12.1 Å². The van der Waals surface area contributed by atoms with E-state index < -0.39 is 5.91 Å². The van der Waals surface area contributed by atoms with E-state index in [1.807, 2.05) is 18.2 Å². The van der Waals surface area contributed by atoms with Crippen molar-refractivity contribution in [3.05, 3.63) is 48.0 Å². The fourth-order valence-corrected chi connectivity index (χ4v) is 2.33. The Morgan fingerprint density at radius 3 is 2.52 bits per heavy atom. The van der Waals surface area contributed by atoms with Gasteiger partial charge < -0.3 is 16.0 Å². The molecular weight excluding hydrogens is 427 g/mol. The van der Waals surface area contributed by atoms with Crippen LogP contribution in [0.15, 0.2) is 41.9 Å². The molecule has 5 nitrogen and oxygen atoms in total. The summed E-state index contributed by atoms with van der Waals surface area (Å²) in [6.45, 7) is 8.19. The number of nitrogens with zero attached hydrogens (tertiary/aromatic N) is 2. The average molecular weight is 458 g/mol. The van der Waals surface area contributed by atoms with Gasteiger partial charge in [-0.25, -0.2) is 4.99 Å². The van der Waals surface area contributed by atoms with Crippen LogP contribution in [0.3, 0.4) is 0 Å². The van der Waals surface area contributed by atoms with E-state index in [2.05, 4.69) is 35.8 Å². The van der Waals surface area contributed by atoms with Gasteiger partial charge in [-0.15, -0.1) is 30.6 Å². The summed E-state index contributed by atoms with van der Waals surface area (Å²) in [6.07, 6.45) is 6.58. The number of carbonyl (C=O) groups excluding carboxylic acids is 1. The number of benzene rings is 1. The van der Waals surface area contributed by atoms with Crippen LogP contribution in [0.25, 0.3) is 0 Å². The van der Waals surface area contributed by atoms with Crippen LogP contribution in [0.2, 0.25) is 0 Å². The number of unbranched alkanes of at least 4 members (excludes halogenated alkanes) is 3. The molecule has 1 amide bonds. The van der Waals surface area contributed by atoms with E-state index in [1.165, 1.54) is 12.8 Å². The van der Waals surface area contributed by atoms with Gasteiger partial charge in [0.05, 0.1) is 6.54 Å². The monoisotopic (exact) mass is 458 g/mol. The Labute approximate surface area is 168 Å². The lowest BCUT2D eigenvalue weighted by Gasteiger charge is -2.22. The first-order chi connectivity index (χ1) is 11.6. The highest BCUT2D eigenvalue weighted by Gasteiger charge is 2.05. The number of nitrogens with one attached hydrogen (secondary N) is 1. The lowest BCUT2D eigenvalue weighted by atomic mass is 10.1. The number of hydrogen-bond acceptors (Lipinski definition) is 2. The molecular formula is C19H31IN4O. The van der Waals surface area contributed by atoms with Gasteiger partial charge in [0, 0.05) is 25.7 Å². The Morgan fingerprint density at radius 2 is 1.96 bits per heavy atom. The first kappa shape index (κ1) is 23.4. The summed E-state index contributed by atoms with van der Waals surface area (Å²) in [7, 11) is 2.06. The van der Waals surface area contributed by atoms with Crippen LogP contribution in [0.5, 0.6) is 0 Å². The Bertz CT molecular complexity index is 543. The van der Waals surface area contributed by atoms with Crippen LogP contribution < -0.4 is 11.1 Å². The molecule has 140 valence electrons. The molecule has 0 radical (unpaired) electrons. The van der Waals surface area contributed by atoms with Crippen molar-refractivity contribution < 1.29 is 4.79 Å². The smallest absolute Gasteiger partial charge is 0.248 e. The molecule has 0 atom stereocenters. The molecule has 0 spiro atoms. The second-order valence-electron chi connectivity index (χ2n) is 5.79. The second kappa shape index (κ2) is 13.7. The molecule has 0 aliphatic rings. The third-order valence-electron chi connectivity index (χ3n) is 3.75. The van der Waals surface area contributed by atoms with E-state index in [4.69, 9.17) is 5.73 Å². The number of guanidine groups is 1. The first-order valence-corrected chi connectivity index (χ1v) is 8.57. The molecule has 0 bridgehead atoms. The van der Waals surface area contributed by atoms with E-state index in [-0.39, 0.29) is 24.0 Å². The molecule has 0 heterocycles. The van der Waals surface area contributed by atoms with Crippen LogP contribution >= 0.6 is 24.0 Å². The minimum atomic E-state index is -0.408. The fourth-order valence-electron chi connectivity index (χ4n) is 2.33. The standard InChI is InChI=1S/C19H30N4O.HI/c1-4-6-7-8-9-14-23(3)19(21-5-2)22-15-16-10-12-17(13-11-16)18(20)24;/h4,10-13H,1,5-9,14-15H2,2-3H3,(H2,20,24)(H,21,22);1H. The summed E-state index contributed by atoms with van der Waals surface area (Å²) >= 11 is 0. The Morgan fingerprint density at radius 1 is 1.28 bits per heavy atom.